The summed E-state index contributed by atoms with van der Waals surface area (Å²) in [6, 6.07) is 10.8. The Morgan fingerprint density at radius 2 is 1.10 bits per heavy atom. The van der Waals surface area contributed by atoms with Crippen LogP contribution in [-0.4, -0.2) is 57.9 Å². The molecule has 0 aliphatic heterocycles. The number of esters is 2. The van der Waals surface area contributed by atoms with Crippen molar-refractivity contribution in [2.45, 2.75) is 50.9 Å². The molecule has 4 rings (SSSR count). The van der Waals surface area contributed by atoms with Crippen molar-refractivity contribution in [3.63, 3.8) is 0 Å². The molecule has 0 saturated carbocycles. The van der Waals surface area contributed by atoms with E-state index >= 15 is 0 Å². The van der Waals surface area contributed by atoms with Gasteiger partial charge < -0.3 is 36.8 Å². The van der Waals surface area contributed by atoms with Crippen LogP contribution in [0.1, 0.15) is 25.0 Å². The first-order chi connectivity index (χ1) is 18.6. The number of benzene rings is 2. The van der Waals surface area contributed by atoms with Gasteiger partial charge in [-0.2, -0.15) is 0 Å². The Bertz CT molecular complexity index is 1390. The van der Waals surface area contributed by atoms with Gasteiger partial charge in [-0.1, -0.05) is 36.4 Å². The lowest BCUT2D eigenvalue weighted by molar-refractivity contribution is -0.164. The van der Waals surface area contributed by atoms with Crippen molar-refractivity contribution in [2.24, 2.45) is 11.5 Å². The van der Waals surface area contributed by atoms with E-state index in [2.05, 4.69) is 20.6 Å². The largest absolute Gasteiger partial charge is 0.390 e. The van der Waals surface area contributed by atoms with Gasteiger partial charge in [0.25, 0.3) is 0 Å². The fraction of sp³-hybridized carbons (Fsp3) is 0.286. The average molecular weight is 533 g/mol. The van der Waals surface area contributed by atoms with Gasteiger partial charge in [0, 0.05) is 47.0 Å². The van der Waals surface area contributed by atoms with E-state index in [1.165, 1.54) is 13.8 Å². The quantitative estimate of drug-likeness (QED) is 0.131. The molecule has 204 valence electrons. The third-order valence-electron chi connectivity index (χ3n) is 6.43. The van der Waals surface area contributed by atoms with Gasteiger partial charge in [0.05, 0.1) is 12.1 Å². The van der Waals surface area contributed by atoms with Crippen molar-refractivity contribution in [1.29, 1.82) is 0 Å². The molecule has 0 bridgehead atoms. The van der Waals surface area contributed by atoms with Crippen molar-refractivity contribution in [3.05, 3.63) is 72.1 Å². The molecule has 2 amide bonds. The van der Waals surface area contributed by atoms with Crippen LogP contribution in [0.4, 0.5) is 0 Å². The maximum atomic E-state index is 13.3. The molecule has 0 fully saturated rings. The number of rotatable bonds is 10. The number of aromatic amines is 2. The SMILES string of the molecule is C[C@H](N)C(=O)N[C@@H](Cc1c[nH]c2ccccc12)C(=O)OC(=O)[C@H](Cc1c[nH]c2ccccc12)NC(=O)[C@H](C)N. The van der Waals surface area contributed by atoms with Gasteiger partial charge in [-0.05, 0) is 37.1 Å². The molecular formula is C28H32N6O5. The molecule has 4 aromatic rings. The molecule has 11 nitrogen and oxygen atoms in total. The van der Waals surface area contributed by atoms with E-state index < -0.39 is 47.9 Å². The predicted octanol–water partition coefficient (Wildman–Crippen LogP) is 1.17. The molecule has 0 aliphatic rings. The molecule has 0 saturated heterocycles. The van der Waals surface area contributed by atoms with E-state index in [-0.39, 0.29) is 12.8 Å². The van der Waals surface area contributed by atoms with Crippen LogP contribution in [0.5, 0.6) is 0 Å². The number of amides is 2. The highest BCUT2D eigenvalue weighted by molar-refractivity contribution is 5.96. The number of para-hydroxylation sites is 2. The van der Waals surface area contributed by atoms with E-state index in [1.807, 2.05) is 48.5 Å². The molecule has 0 spiro atoms. The fourth-order valence-electron chi connectivity index (χ4n) is 4.28. The van der Waals surface area contributed by atoms with Gasteiger partial charge in [-0.25, -0.2) is 9.59 Å². The number of carbonyl (C=O) groups excluding carboxylic acids is 4. The molecular weight excluding hydrogens is 500 g/mol. The highest BCUT2D eigenvalue weighted by Gasteiger charge is 2.31. The lowest BCUT2D eigenvalue weighted by Crippen LogP contribution is -2.52. The molecule has 39 heavy (non-hydrogen) atoms. The summed E-state index contributed by atoms with van der Waals surface area (Å²) in [5, 5.41) is 6.87. The number of carbonyl (C=O) groups is 4. The summed E-state index contributed by atoms with van der Waals surface area (Å²) in [6.07, 6.45) is 3.56. The molecule has 0 aliphatic carbocycles. The second-order valence-corrected chi connectivity index (χ2v) is 9.57. The number of hydrogen-bond donors (Lipinski definition) is 6. The minimum atomic E-state index is -1.20. The van der Waals surface area contributed by atoms with Crippen LogP contribution in [0.15, 0.2) is 60.9 Å². The highest BCUT2D eigenvalue weighted by Crippen LogP contribution is 2.21. The summed E-state index contributed by atoms with van der Waals surface area (Å²) in [7, 11) is 0. The Morgan fingerprint density at radius 3 is 1.49 bits per heavy atom. The Balaban J connectivity index is 1.56. The minimum absolute atomic E-state index is 0.0495. The maximum absolute atomic E-state index is 13.3. The number of fused-ring (bicyclic) bond motifs is 2. The first-order valence-corrected chi connectivity index (χ1v) is 12.6. The van der Waals surface area contributed by atoms with E-state index in [1.54, 1.807) is 12.4 Å². The zero-order valence-electron chi connectivity index (χ0n) is 21.7. The second kappa shape index (κ2) is 11.9. The number of aromatic nitrogens is 2. The van der Waals surface area contributed by atoms with Crippen LogP contribution in [0, 0.1) is 0 Å². The average Bonchev–Trinajstić information content (AvgIpc) is 3.51. The molecule has 0 unspecified atom stereocenters. The lowest BCUT2D eigenvalue weighted by Gasteiger charge is -2.21. The molecule has 4 atom stereocenters. The van der Waals surface area contributed by atoms with Crippen molar-refractivity contribution in [3.8, 4) is 0 Å². The lowest BCUT2D eigenvalue weighted by atomic mass is 10.0. The van der Waals surface area contributed by atoms with Crippen LogP contribution < -0.4 is 22.1 Å². The predicted molar refractivity (Wildman–Crippen MR) is 146 cm³/mol. The molecule has 2 aromatic carbocycles. The standard InChI is InChI=1S/C28H32N6O5/c1-15(29)25(35)33-23(11-17-13-31-21-9-5-3-7-19(17)21)27(37)39-28(38)24(34-26(36)16(2)30)12-18-14-32-22-10-6-4-8-20(18)22/h3-10,13-16,23-24,31-32H,11-12,29-30H2,1-2H3,(H,33,35)(H,34,36)/t15-,16-,23-,24-/m0/s1. The number of nitrogens with two attached hydrogens (primary N) is 2. The van der Waals surface area contributed by atoms with Crippen molar-refractivity contribution < 1.29 is 23.9 Å². The van der Waals surface area contributed by atoms with E-state index in [9.17, 15) is 19.2 Å². The number of H-pyrrole nitrogens is 2. The summed E-state index contributed by atoms with van der Waals surface area (Å²) in [6.45, 7) is 2.96. The Hall–Kier alpha value is -4.48. The molecule has 11 heteroatoms. The zero-order valence-corrected chi connectivity index (χ0v) is 21.7. The third-order valence-corrected chi connectivity index (χ3v) is 6.43. The van der Waals surface area contributed by atoms with Gasteiger partial charge in [0.1, 0.15) is 12.1 Å². The van der Waals surface area contributed by atoms with Gasteiger partial charge in [0.15, 0.2) is 0 Å². The molecule has 2 heterocycles. The number of nitrogens with one attached hydrogen (secondary N) is 4. The van der Waals surface area contributed by atoms with Crippen molar-refractivity contribution in [2.75, 3.05) is 0 Å². The van der Waals surface area contributed by atoms with Crippen LogP contribution in [-0.2, 0) is 36.8 Å². The summed E-state index contributed by atoms with van der Waals surface area (Å²) in [4.78, 5) is 57.6. The summed E-state index contributed by atoms with van der Waals surface area (Å²) in [5.41, 5.74) is 14.6. The summed E-state index contributed by atoms with van der Waals surface area (Å²) >= 11 is 0. The van der Waals surface area contributed by atoms with Gasteiger partial charge in [-0.15, -0.1) is 0 Å². The Labute approximate surface area is 224 Å². The van der Waals surface area contributed by atoms with Crippen LogP contribution >= 0.6 is 0 Å². The van der Waals surface area contributed by atoms with Crippen LogP contribution in [0.25, 0.3) is 21.8 Å². The highest BCUT2D eigenvalue weighted by atomic mass is 16.6. The van der Waals surface area contributed by atoms with E-state index in [4.69, 9.17) is 16.2 Å². The molecule has 2 aromatic heterocycles. The van der Waals surface area contributed by atoms with Gasteiger partial charge in [0.2, 0.25) is 11.8 Å². The Kier molecular flexibility index (Phi) is 8.43. The minimum Gasteiger partial charge on any atom is -0.390 e. The Morgan fingerprint density at radius 1 is 0.718 bits per heavy atom. The monoisotopic (exact) mass is 532 g/mol. The number of hydrogen-bond acceptors (Lipinski definition) is 7. The van der Waals surface area contributed by atoms with Crippen molar-refractivity contribution in [1.82, 2.24) is 20.6 Å². The van der Waals surface area contributed by atoms with Crippen LogP contribution in [0.2, 0.25) is 0 Å². The smallest absolute Gasteiger partial charge is 0.336 e. The number of ether oxygens (including phenoxy) is 1. The maximum Gasteiger partial charge on any atom is 0.336 e. The molecule has 8 N–H and O–H groups in total. The second-order valence-electron chi connectivity index (χ2n) is 9.57. The molecule has 0 radical (unpaired) electrons. The van der Waals surface area contributed by atoms with Gasteiger partial charge in [-0.3, -0.25) is 9.59 Å². The van der Waals surface area contributed by atoms with E-state index in [0.29, 0.717) is 0 Å². The first kappa shape index (κ1) is 27.6. The summed E-state index contributed by atoms with van der Waals surface area (Å²) in [5.74, 6) is -3.11. The summed E-state index contributed by atoms with van der Waals surface area (Å²) < 4.78 is 5.25. The third kappa shape index (κ3) is 6.51. The first-order valence-electron chi connectivity index (χ1n) is 12.6. The van der Waals surface area contributed by atoms with Gasteiger partial charge >= 0.3 is 11.9 Å². The zero-order chi connectivity index (χ0) is 28.1. The topological polar surface area (TPSA) is 185 Å². The van der Waals surface area contributed by atoms with Crippen LogP contribution in [0.3, 0.4) is 0 Å². The van der Waals surface area contributed by atoms with E-state index in [0.717, 1.165) is 32.9 Å². The van der Waals surface area contributed by atoms with Crippen molar-refractivity contribution >= 4 is 45.6 Å². The fourth-order valence-corrected chi connectivity index (χ4v) is 4.28. The normalized spacial score (nSPS) is 14.4.